The van der Waals surface area contributed by atoms with E-state index in [1.54, 1.807) is 11.3 Å². The zero-order valence-corrected chi connectivity index (χ0v) is 17.8. The number of ether oxygens (including phenoxy) is 1. The van der Waals surface area contributed by atoms with E-state index in [9.17, 15) is 4.79 Å². The molecule has 2 aliphatic heterocycles. The van der Waals surface area contributed by atoms with Gasteiger partial charge in [-0.1, -0.05) is 18.2 Å². The minimum atomic E-state index is -0.421. The van der Waals surface area contributed by atoms with Crippen LogP contribution in [-0.4, -0.2) is 34.7 Å². The molecule has 0 atom stereocenters. The van der Waals surface area contributed by atoms with Crippen molar-refractivity contribution in [2.45, 2.75) is 26.7 Å². The number of aromatic nitrogens is 2. The van der Waals surface area contributed by atoms with E-state index in [1.165, 1.54) is 0 Å². The second-order valence-corrected chi connectivity index (χ2v) is 8.80. The number of anilines is 1. The van der Waals surface area contributed by atoms with Crippen molar-refractivity contribution in [1.82, 2.24) is 9.78 Å². The largest absolute Gasteiger partial charge is 0.401 e. The van der Waals surface area contributed by atoms with E-state index in [1.807, 2.05) is 67.1 Å². The standard InChI is InChI=1S/C23H22N4O2S/c1-15-10-11-20(30-15)21-24-19(23(28)29-21)14-18-16(2)25-27(17-8-4-3-5-9-17)22(18)26-12-6-7-13-26/h3-5,8-11,14H,6-7,12-13H2,1-2H3/b19-14+. The summed E-state index contributed by atoms with van der Waals surface area (Å²) >= 11 is 1.56. The SMILES string of the molecule is Cc1ccc(C2=N/C(=C/c3c(C)nn(-c4ccccc4)c3N3CCCC3)C(=O)O2)s1. The molecule has 1 aromatic carbocycles. The van der Waals surface area contributed by atoms with Crippen LogP contribution >= 0.6 is 11.3 Å². The number of aliphatic imine (C=N–C) groups is 1. The van der Waals surface area contributed by atoms with Crippen LogP contribution in [0.3, 0.4) is 0 Å². The minimum absolute atomic E-state index is 0.312. The third-order valence-corrected chi connectivity index (χ3v) is 6.33. The summed E-state index contributed by atoms with van der Waals surface area (Å²) in [5, 5.41) is 4.80. The zero-order chi connectivity index (χ0) is 20.7. The Hall–Kier alpha value is -3.19. The third-order valence-electron chi connectivity index (χ3n) is 5.34. The molecule has 0 bridgehead atoms. The van der Waals surface area contributed by atoms with Gasteiger partial charge in [0.25, 0.3) is 0 Å². The number of carbonyl (C=O) groups excluding carboxylic acids is 1. The number of hydrogen-bond acceptors (Lipinski definition) is 6. The fourth-order valence-electron chi connectivity index (χ4n) is 3.88. The van der Waals surface area contributed by atoms with E-state index >= 15 is 0 Å². The molecule has 2 aliphatic rings. The summed E-state index contributed by atoms with van der Waals surface area (Å²) in [5.41, 5.74) is 3.09. The molecule has 0 spiro atoms. The lowest BCUT2D eigenvalue weighted by molar-refractivity contribution is -0.129. The lowest BCUT2D eigenvalue weighted by Gasteiger charge is -2.20. The van der Waals surface area contributed by atoms with Crippen molar-refractivity contribution >= 4 is 35.1 Å². The summed E-state index contributed by atoms with van der Waals surface area (Å²) in [4.78, 5) is 21.4. The predicted octanol–water partition coefficient (Wildman–Crippen LogP) is 4.50. The Morgan fingerprint density at radius 2 is 1.83 bits per heavy atom. The number of nitrogens with zero attached hydrogens (tertiary/aromatic N) is 4. The van der Waals surface area contributed by atoms with E-state index in [4.69, 9.17) is 9.84 Å². The van der Waals surface area contributed by atoms with Crippen molar-refractivity contribution in [2.75, 3.05) is 18.0 Å². The van der Waals surface area contributed by atoms with Gasteiger partial charge in [0.15, 0.2) is 5.70 Å². The molecule has 4 heterocycles. The Morgan fingerprint density at radius 3 is 2.53 bits per heavy atom. The van der Waals surface area contributed by atoms with E-state index in [-0.39, 0.29) is 0 Å². The first-order valence-corrected chi connectivity index (χ1v) is 10.9. The Labute approximate surface area is 179 Å². The molecule has 1 saturated heterocycles. The second kappa shape index (κ2) is 7.57. The number of aryl methyl sites for hydroxylation is 2. The molecular formula is C23H22N4O2S. The van der Waals surface area contributed by atoms with Crippen molar-refractivity contribution in [3.8, 4) is 5.69 Å². The van der Waals surface area contributed by atoms with Crippen LogP contribution in [0.25, 0.3) is 11.8 Å². The van der Waals surface area contributed by atoms with E-state index < -0.39 is 5.97 Å². The molecule has 0 radical (unpaired) electrons. The number of thiophene rings is 1. The van der Waals surface area contributed by atoms with Crippen LogP contribution in [0.5, 0.6) is 0 Å². The van der Waals surface area contributed by atoms with Gasteiger partial charge in [-0.25, -0.2) is 14.5 Å². The average Bonchev–Trinajstić information content (AvgIpc) is 3.52. The van der Waals surface area contributed by atoms with Crippen LogP contribution in [0.4, 0.5) is 5.82 Å². The average molecular weight is 419 g/mol. The minimum Gasteiger partial charge on any atom is -0.401 e. The maximum Gasteiger partial charge on any atom is 0.363 e. The van der Waals surface area contributed by atoms with Crippen molar-refractivity contribution in [2.24, 2.45) is 4.99 Å². The number of carbonyl (C=O) groups is 1. The van der Waals surface area contributed by atoms with Gasteiger partial charge in [-0.05, 0) is 57.0 Å². The number of hydrogen-bond donors (Lipinski definition) is 0. The fraction of sp³-hybridized carbons (Fsp3) is 0.261. The van der Waals surface area contributed by atoms with E-state index in [0.717, 1.165) is 58.4 Å². The Balaban J connectivity index is 1.61. The van der Waals surface area contributed by atoms with Crippen LogP contribution < -0.4 is 4.90 Å². The molecule has 5 rings (SSSR count). The number of rotatable bonds is 4. The topological polar surface area (TPSA) is 59.7 Å². The maximum absolute atomic E-state index is 12.5. The van der Waals surface area contributed by atoms with Gasteiger partial charge >= 0.3 is 5.97 Å². The van der Waals surface area contributed by atoms with Gasteiger partial charge < -0.3 is 9.64 Å². The summed E-state index contributed by atoms with van der Waals surface area (Å²) in [6.45, 7) is 5.94. The zero-order valence-electron chi connectivity index (χ0n) is 17.0. The summed E-state index contributed by atoms with van der Waals surface area (Å²) in [6, 6.07) is 14.0. The Bertz CT molecular complexity index is 1170. The van der Waals surface area contributed by atoms with Gasteiger partial charge in [0, 0.05) is 23.5 Å². The molecule has 0 saturated carbocycles. The van der Waals surface area contributed by atoms with Crippen LogP contribution in [0.1, 0.15) is 33.9 Å². The van der Waals surface area contributed by atoms with Crippen molar-refractivity contribution in [1.29, 1.82) is 0 Å². The van der Waals surface area contributed by atoms with Crippen LogP contribution in [0.15, 0.2) is 53.2 Å². The lowest BCUT2D eigenvalue weighted by atomic mass is 10.2. The highest BCUT2D eigenvalue weighted by molar-refractivity contribution is 7.14. The van der Waals surface area contributed by atoms with E-state index in [2.05, 4.69) is 9.89 Å². The highest BCUT2D eigenvalue weighted by Crippen LogP contribution is 2.33. The molecular weight excluding hydrogens is 396 g/mol. The van der Waals surface area contributed by atoms with E-state index in [0.29, 0.717) is 11.6 Å². The van der Waals surface area contributed by atoms with Crippen molar-refractivity contribution in [3.05, 3.63) is 69.2 Å². The summed E-state index contributed by atoms with van der Waals surface area (Å²) in [6.07, 6.45) is 4.12. The first-order chi connectivity index (χ1) is 14.6. The number of cyclic esters (lactones) is 1. The van der Waals surface area contributed by atoms with Gasteiger partial charge in [-0.2, -0.15) is 5.10 Å². The fourth-order valence-corrected chi connectivity index (χ4v) is 4.67. The molecule has 6 nitrogen and oxygen atoms in total. The molecule has 2 aromatic heterocycles. The molecule has 30 heavy (non-hydrogen) atoms. The van der Waals surface area contributed by atoms with Gasteiger partial charge in [0.05, 0.1) is 16.3 Å². The van der Waals surface area contributed by atoms with Crippen LogP contribution in [-0.2, 0) is 9.53 Å². The summed E-state index contributed by atoms with van der Waals surface area (Å²) in [7, 11) is 0. The van der Waals surface area contributed by atoms with Gasteiger partial charge in [0.1, 0.15) is 5.82 Å². The van der Waals surface area contributed by atoms with Crippen molar-refractivity contribution in [3.63, 3.8) is 0 Å². The predicted molar refractivity (Wildman–Crippen MR) is 119 cm³/mol. The van der Waals surface area contributed by atoms with Crippen LogP contribution in [0, 0.1) is 13.8 Å². The molecule has 3 aromatic rings. The normalized spacial score (nSPS) is 17.7. The van der Waals surface area contributed by atoms with Gasteiger partial charge in [-0.3, -0.25) is 0 Å². The highest BCUT2D eigenvalue weighted by atomic mass is 32.1. The molecule has 0 amide bonds. The summed E-state index contributed by atoms with van der Waals surface area (Å²) < 4.78 is 7.43. The molecule has 1 fully saturated rings. The highest BCUT2D eigenvalue weighted by Gasteiger charge is 2.28. The smallest absolute Gasteiger partial charge is 0.363 e. The molecule has 152 valence electrons. The van der Waals surface area contributed by atoms with Crippen molar-refractivity contribution < 1.29 is 9.53 Å². The summed E-state index contributed by atoms with van der Waals surface area (Å²) in [5.74, 6) is 0.961. The number of para-hydroxylation sites is 1. The van der Waals surface area contributed by atoms with Crippen LogP contribution in [0.2, 0.25) is 0 Å². The second-order valence-electron chi connectivity index (χ2n) is 7.51. The molecule has 7 heteroatoms. The Morgan fingerprint density at radius 1 is 1.07 bits per heavy atom. The number of benzene rings is 1. The maximum atomic E-state index is 12.5. The van der Waals surface area contributed by atoms with Gasteiger partial charge in [0.2, 0.25) is 5.90 Å². The monoisotopic (exact) mass is 418 g/mol. The number of esters is 1. The first kappa shape index (κ1) is 18.8. The van der Waals surface area contributed by atoms with Gasteiger partial charge in [-0.15, -0.1) is 11.3 Å². The molecule has 0 unspecified atom stereocenters. The first-order valence-electron chi connectivity index (χ1n) is 10.1. The molecule has 0 aliphatic carbocycles. The third kappa shape index (κ3) is 3.35. The Kier molecular flexibility index (Phi) is 4.75. The molecule has 0 N–H and O–H groups in total. The lowest BCUT2D eigenvalue weighted by Crippen LogP contribution is -2.22. The quantitative estimate of drug-likeness (QED) is 0.463.